The van der Waals surface area contributed by atoms with Crippen molar-refractivity contribution < 1.29 is 4.79 Å². The van der Waals surface area contributed by atoms with Crippen LogP contribution in [0.1, 0.15) is 52.1 Å². The van der Waals surface area contributed by atoms with E-state index in [0.717, 1.165) is 12.0 Å². The summed E-state index contributed by atoms with van der Waals surface area (Å²) in [6.45, 7) is 9.48. The van der Waals surface area contributed by atoms with Gasteiger partial charge in [0.15, 0.2) is 0 Å². The van der Waals surface area contributed by atoms with E-state index in [1.54, 1.807) is 0 Å². The average Bonchev–Trinajstić information content (AvgIpc) is 2.36. The van der Waals surface area contributed by atoms with Gasteiger partial charge in [0.2, 0.25) is 5.91 Å². The highest BCUT2D eigenvalue weighted by Gasteiger charge is 2.21. The van der Waals surface area contributed by atoms with Gasteiger partial charge in [-0.25, -0.2) is 0 Å². The Morgan fingerprint density at radius 1 is 1.25 bits per heavy atom. The first-order valence-corrected chi connectivity index (χ1v) is 7.37. The van der Waals surface area contributed by atoms with Gasteiger partial charge >= 0.3 is 0 Å². The first kappa shape index (κ1) is 16.7. The molecule has 0 aromatic heterocycles. The molecule has 0 fully saturated rings. The molecule has 20 heavy (non-hydrogen) atoms. The van der Waals surface area contributed by atoms with Crippen LogP contribution in [0.4, 0.5) is 0 Å². The highest BCUT2D eigenvalue weighted by molar-refractivity contribution is 5.76. The molecule has 1 atom stereocenters. The molecular formula is C17H28N2O. The molecule has 1 rings (SSSR count). The van der Waals surface area contributed by atoms with Gasteiger partial charge in [-0.05, 0) is 23.3 Å². The Kier molecular flexibility index (Phi) is 6.21. The Labute approximate surface area is 122 Å². The summed E-state index contributed by atoms with van der Waals surface area (Å²) < 4.78 is 0. The summed E-state index contributed by atoms with van der Waals surface area (Å²) >= 11 is 0. The van der Waals surface area contributed by atoms with Gasteiger partial charge < -0.3 is 11.1 Å². The minimum atomic E-state index is -0.232. The van der Waals surface area contributed by atoms with Crippen molar-refractivity contribution in [2.45, 2.75) is 46.6 Å². The molecule has 0 radical (unpaired) electrons. The smallest absolute Gasteiger partial charge is 0.221 e. The molecule has 0 saturated carbocycles. The van der Waals surface area contributed by atoms with Gasteiger partial charge in [-0.15, -0.1) is 0 Å². The first-order chi connectivity index (χ1) is 9.30. The fourth-order valence-corrected chi connectivity index (χ4v) is 2.61. The maximum Gasteiger partial charge on any atom is 0.221 e. The molecule has 0 saturated heterocycles. The summed E-state index contributed by atoms with van der Waals surface area (Å²) in [4.78, 5) is 12.0. The maximum atomic E-state index is 12.0. The summed E-state index contributed by atoms with van der Waals surface area (Å²) in [6, 6.07) is 9.52. The SMILES string of the molecule is CC(C)CC(C)(C)CNC(=O)CC(N)c1ccccc1. The molecule has 3 nitrogen and oxygen atoms in total. The van der Waals surface area contributed by atoms with Crippen molar-refractivity contribution in [1.82, 2.24) is 5.32 Å². The lowest BCUT2D eigenvalue weighted by Gasteiger charge is -2.27. The number of carbonyl (C=O) groups is 1. The van der Waals surface area contributed by atoms with Gasteiger partial charge in [-0.3, -0.25) is 4.79 Å². The molecule has 1 amide bonds. The van der Waals surface area contributed by atoms with Crippen LogP contribution in [0.15, 0.2) is 30.3 Å². The van der Waals surface area contributed by atoms with Gasteiger partial charge in [-0.1, -0.05) is 58.0 Å². The fourth-order valence-electron chi connectivity index (χ4n) is 2.61. The van der Waals surface area contributed by atoms with Crippen LogP contribution >= 0.6 is 0 Å². The van der Waals surface area contributed by atoms with Crippen LogP contribution in [0.2, 0.25) is 0 Å². The zero-order valence-corrected chi connectivity index (χ0v) is 13.1. The molecular weight excluding hydrogens is 248 g/mol. The number of hydrogen-bond donors (Lipinski definition) is 2. The maximum absolute atomic E-state index is 12.0. The van der Waals surface area contributed by atoms with Crippen LogP contribution < -0.4 is 11.1 Å². The molecule has 3 N–H and O–H groups in total. The molecule has 0 aliphatic carbocycles. The molecule has 1 unspecified atom stereocenters. The number of carbonyl (C=O) groups excluding carboxylic acids is 1. The average molecular weight is 276 g/mol. The van der Waals surface area contributed by atoms with E-state index < -0.39 is 0 Å². The van der Waals surface area contributed by atoms with E-state index in [1.807, 2.05) is 30.3 Å². The number of nitrogens with two attached hydrogens (primary N) is 1. The zero-order chi connectivity index (χ0) is 15.2. The molecule has 0 spiro atoms. The van der Waals surface area contributed by atoms with Gasteiger partial charge in [-0.2, -0.15) is 0 Å². The quantitative estimate of drug-likeness (QED) is 0.803. The summed E-state index contributed by atoms with van der Waals surface area (Å²) in [7, 11) is 0. The van der Waals surface area contributed by atoms with E-state index in [0.29, 0.717) is 18.9 Å². The van der Waals surface area contributed by atoms with E-state index in [1.165, 1.54) is 0 Å². The van der Waals surface area contributed by atoms with Crippen LogP contribution in [0, 0.1) is 11.3 Å². The predicted octanol–water partition coefficient (Wildman–Crippen LogP) is 3.27. The van der Waals surface area contributed by atoms with E-state index in [-0.39, 0.29) is 17.4 Å². The van der Waals surface area contributed by atoms with E-state index in [2.05, 4.69) is 33.0 Å². The zero-order valence-electron chi connectivity index (χ0n) is 13.1. The molecule has 0 aliphatic rings. The third-order valence-electron chi connectivity index (χ3n) is 3.36. The predicted molar refractivity (Wildman–Crippen MR) is 84.2 cm³/mol. The molecule has 112 valence electrons. The number of amides is 1. The lowest BCUT2D eigenvalue weighted by atomic mass is 9.84. The third kappa shape index (κ3) is 6.20. The van der Waals surface area contributed by atoms with E-state index >= 15 is 0 Å². The minimum Gasteiger partial charge on any atom is -0.356 e. The van der Waals surface area contributed by atoms with Crippen molar-refractivity contribution >= 4 is 5.91 Å². The van der Waals surface area contributed by atoms with Crippen LogP contribution in [0.5, 0.6) is 0 Å². The summed E-state index contributed by atoms with van der Waals surface area (Å²) in [6.07, 6.45) is 1.43. The van der Waals surface area contributed by atoms with Crippen molar-refractivity contribution in [3.63, 3.8) is 0 Å². The van der Waals surface area contributed by atoms with Gasteiger partial charge in [0, 0.05) is 19.0 Å². The lowest BCUT2D eigenvalue weighted by Crippen LogP contribution is -2.36. The van der Waals surface area contributed by atoms with Crippen molar-refractivity contribution in [1.29, 1.82) is 0 Å². The van der Waals surface area contributed by atoms with Gasteiger partial charge in [0.1, 0.15) is 0 Å². The van der Waals surface area contributed by atoms with Crippen LogP contribution in [-0.4, -0.2) is 12.5 Å². The number of rotatable bonds is 7. The Hall–Kier alpha value is -1.35. The molecule has 0 heterocycles. The van der Waals surface area contributed by atoms with Gasteiger partial charge in [0.25, 0.3) is 0 Å². The number of benzene rings is 1. The van der Waals surface area contributed by atoms with Crippen molar-refractivity contribution in [3.8, 4) is 0 Å². The van der Waals surface area contributed by atoms with E-state index in [9.17, 15) is 4.79 Å². The summed E-state index contributed by atoms with van der Waals surface area (Å²) in [5, 5.41) is 3.01. The van der Waals surface area contributed by atoms with Crippen LogP contribution in [-0.2, 0) is 4.79 Å². The fraction of sp³-hybridized carbons (Fsp3) is 0.588. The molecule has 0 aliphatic heterocycles. The van der Waals surface area contributed by atoms with Crippen molar-refractivity contribution in [3.05, 3.63) is 35.9 Å². The minimum absolute atomic E-state index is 0.0261. The highest BCUT2D eigenvalue weighted by Crippen LogP contribution is 2.24. The molecule has 1 aromatic rings. The third-order valence-corrected chi connectivity index (χ3v) is 3.36. The standard InChI is InChI=1S/C17H28N2O/c1-13(2)11-17(3,4)12-19-16(20)10-15(18)14-8-6-5-7-9-14/h5-9,13,15H,10-12,18H2,1-4H3,(H,19,20). The van der Waals surface area contributed by atoms with Gasteiger partial charge in [0.05, 0.1) is 0 Å². The van der Waals surface area contributed by atoms with Crippen LogP contribution in [0.25, 0.3) is 0 Å². The second-order valence-electron chi connectivity index (χ2n) is 6.76. The lowest BCUT2D eigenvalue weighted by molar-refractivity contribution is -0.121. The molecule has 1 aromatic carbocycles. The second-order valence-corrected chi connectivity index (χ2v) is 6.76. The normalized spacial score (nSPS) is 13.3. The Balaban J connectivity index is 2.41. The van der Waals surface area contributed by atoms with Crippen molar-refractivity contribution in [2.75, 3.05) is 6.54 Å². The summed E-state index contributed by atoms with van der Waals surface area (Å²) in [5.41, 5.74) is 7.18. The largest absolute Gasteiger partial charge is 0.356 e. The Morgan fingerprint density at radius 2 is 1.85 bits per heavy atom. The number of hydrogen-bond acceptors (Lipinski definition) is 2. The number of nitrogens with one attached hydrogen (secondary N) is 1. The van der Waals surface area contributed by atoms with Crippen LogP contribution in [0.3, 0.4) is 0 Å². The monoisotopic (exact) mass is 276 g/mol. The Bertz CT molecular complexity index is 412. The second kappa shape index (κ2) is 7.44. The highest BCUT2D eigenvalue weighted by atomic mass is 16.1. The Morgan fingerprint density at radius 3 is 2.40 bits per heavy atom. The molecule has 0 bridgehead atoms. The topological polar surface area (TPSA) is 55.1 Å². The molecule has 3 heteroatoms. The van der Waals surface area contributed by atoms with E-state index in [4.69, 9.17) is 5.73 Å². The summed E-state index contributed by atoms with van der Waals surface area (Å²) in [5.74, 6) is 0.659. The first-order valence-electron chi connectivity index (χ1n) is 7.37. The van der Waals surface area contributed by atoms with Crippen molar-refractivity contribution in [2.24, 2.45) is 17.1 Å².